The summed E-state index contributed by atoms with van der Waals surface area (Å²) < 4.78 is 17.0. The lowest BCUT2D eigenvalue weighted by atomic mass is 10.1. The molecule has 0 spiro atoms. The number of carbonyl (C=O) groups is 2. The third kappa shape index (κ3) is 8.34. The second-order valence-corrected chi connectivity index (χ2v) is 7.13. The fourth-order valence-corrected chi connectivity index (χ4v) is 2.88. The van der Waals surface area contributed by atoms with E-state index in [-0.39, 0.29) is 18.3 Å². The van der Waals surface area contributed by atoms with Crippen LogP contribution in [0.4, 0.5) is 5.69 Å². The van der Waals surface area contributed by atoms with E-state index in [4.69, 9.17) is 14.2 Å². The van der Waals surface area contributed by atoms with Gasteiger partial charge in [0.2, 0.25) is 11.7 Å². The van der Waals surface area contributed by atoms with Crippen molar-refractivity contribution in [2.45, 2.75) is 40.0 Å². The molecule has 0 aliphatic heterocycles. The molecule has 2 aromatic carbocycles. The predicted molar refractivity (Wildman–Crippen MR) is 124 cm³/mol. The van der Waals surface area contributed by atoms with Crippen LogP contribution >= 0.6 is 0 Å². The number of amides is 1. The van der Waals surface area contributed by atoms with Gasteiger partial charge in [0.05, 0.1) is 19.8 Å². The average molecular weight is 442 g/mol. The van der Waals surface area contributed by atoms with Gasteiger partial charge in [-0.3, -0.25) is 4.79 Å². The number of benzene rings is 2. The zero-order valence-electron chi connectivity index (χ0n) is 18.8. The molecule has 1 amide bonds. The standard InChI is InChI=1S/C25H31NO6/c1-4-6-14-31-23-16-20(17-24(25(28)29)30-5-2)9-12-22(23)32-15-13-19-7-10-21(11-8-19)26-18(3)27/h7-12,16-17H,4-6,13-15H2,1-3H3,(H,26,27)(H,28,29)/b24-17-. The topological polar surface area (TPSA) is 94.1 Å². The molecule has 0 bridgehead atoms. The van der Waals surface area contributed by atoms with Crippen LogP contribution < -0.4 is 14.8 Å². The summed E-state index contributed by atoms with van der Waals surface area (Å²) in [6.45, 7) is 6.55. The molecule has 0 aromatic heterocycles. The van der Waals surface area contributed by atoms with Crippen molar-refractivity contribution in [1.82, 2.24) is 0 Å². The Labute approximate surface area is 189 Å². The Morgan fingerprint density at radius 1 is 1.00 bits per heavy atom. The van der Waals surface area contributed by atoms with Gasteiger partial charge in [-0.2, -0.15) is 0 Å². The molecule has 0 heterocycles. The molecule has 2 aromatic rings. The minimum atomic E-state index is -1.12. The number of carbonyl (C=O) groups excluding carboxylic acids is 1. The number of aliphatic carboxylic acids is 1. The van der Waals surface area contributed by atoms with Gasteiger partial charge in [-0.15, -0.1) is 0 Å². The summed E-state index contributed by atoms with van der Waals surface area (Å²) in [5.41, 5.74) is 2.49. The third-order valence-electron chi connectivity index (χ3n) is 4.45. The highest BCUT2D eigenvalue weighted by atomic mass is 16.5. The van der Waals surface area contributed by atoms with Crippen molar-refractivity contribution in [3.8, 4) is 11.5 Å². The first-order valence-corrected chi connectivity index (χ1v) is 10.8. The van der Waals surface area contributed by atoms with Crippen LogP contribution in [0.5, 0.6) is 11.5 Å². The van der Waals surface area contributed by atoms with Crippen molar-refractivity contribution in [2.24, 2.45) is 0 Å². The SMILES string of the molecule is CCCCOc1cc(/C=C(\OCC)C(=O)O)ccc1OCCc1ccc(NC(C)=O)cc1. The average Bonchev–Trinajstić information content (AvgIpc) is 2.75. The molecule has 32 heavy (non-hydrogen) atoms. The lowest BCUT2D eigenvalue weighted by Gasteiger charge is -2.14. The molecule has 0 saturated heterocycles. The summed E-state index contributed by atoms with van der Waals surface area (Å²) in [4.78, 5) is 22.5. The van der Waals surface area contributed by atoms with E-state index in [2.05, 4.69) is 12.2 Å². The first-order chi connectivity index (χ1) is 15.4. The molecule has 2 N–H and O–H groups in total. The second kappa shape index (κ2) is 13.0. The minimum absolute atomic E-state index is 0.105. The number of nitrogens with one attached hydrogen (secondary N) is 1. The molecule has 7 heteroatoms. The number of hydrogen-bond acceptors (Lipinski definition) is 5. The normalized spacial score (nSPS) is 11.0. The van der Waals surface area contributed by atoms with E-state index < -0.39 is 5.97 Å². The van der Waals surface area contributed by atoms with Gasteiger partial charge in [0, 0.05) is 19.0 Å². The van der Waals surface area contributed by atoms with Gasteiger partial charge in [0.1, 0.15) is 0 Å². The summed E-state index contributed by atoms with van der Waals surface area (Å²) in [7, 11) is 0. The Bertz CT molecular complexity index is 921. The smallest absolute Gasteiger partial charge is 0.371 e. The van der Waals surface area contributed by atoms with E-state index >= 15 is 0 Å². The monoisotopic (exact) mass is 441 g/mol. The molecule has 0 radical (unpaired) electrons. The van der Waals surface area contributed by atoms with Gasteiger partial charge in [-0.25, -0.2) is 4.79 Å². The Kier molecular flexibility index (Phi) is 10.1. The highest BCUT2D eigenvalue weighted by molar-refractivity contribution is 5.90. The van der Waals surface area contributed by atoms with Crippen LogP contribution in [0, 0.1) is 0 Å². The highest BCUT2D eigenvalue weighted by Crippen LogP contribution is 2.30. The maximum Gasteiger partial charge on any atom is 0.371 e. The van der Waals surface area contributed by atoms with E-state index in [0.717, 1.165) is 24.1 Å². The van der Waals surface area contributed by atoms with Crippen molar-refractivity contribution in [1.29, 1.82) is 0 Å². The number of anilines is 1. The van der Waals surface area contributed by atoms with Crippen LogP contribution in [0.15, 0.2) is 48.2 Å². The fourth-order valence-electron chi connectivity index (χ4n) is 2.88. The van der Waals surface area contributed by atoms with E-state index in [1.807, 2.05) is 24.3 Å². The maximum absolute atomic E-state index is 11.3. The molecule has 172 valence electrons. The third-order valence-corrected chi connectivity index (χ3v) is 4.45. The first-order valence-electron chi connectivity index (χ1n) is 10.8. The largest absolute Gasteiger partial charge is 0.490 e. The number of unbranched alkanes of at least 4 members (excludes halogenated alkanes) is 1. The molecular weight excluding hydrogens is 410 g/mol. The zero-order valence-corrected chi connectivity index (χ0v) is 18.8. The van der Waals surface area contributed by atoms with Crippen LogP contribution in [-0.4, -0.2) is 36.8 Å². The highest BCUT2D eigenvalue weighted by Gasteiger charge is 2.11. The van der Waals surface area contributed by atoms with Crippen LogP contribution in [0.25, 0.3) is 6.08 Å². The summed E-state index contributed by atoms with van der Waals surface area (Å²) in [6, 6.07) is 12.9. The number of ether oxygens (including phenoxy) is 3. The van der Waals surface area contributed by atoms with Crippen molar-refractivity contribution >= 4 is 23.6 Å². The first kappa shape index (κ1) is 24.8. The van der Waals surface area contributed by atoms with Crippen LogP contribution in [0.1, 0.15) is 44.7 Å². The van der Waals surface area contributed by atoms with Crippen molar-refractivity contribution in [2.75, 3.05) is 25.1 Å². The lowest BCUT2D eigenvalue weighted by Crippen LogP contribution is -2.07. The van der Waals surface area contributed by atoms with E-state index in [1.165, 1.54) is 13.0 Å². The van der Waals surface area contributed by atoms with Gasteiger partial charge < -0.3 is 24.6 Å². The number of rotatable bonds is 13. The number of hydrogen-bond donors (Lipinski definition) is 2. The molecule has 0 aliphatic carbocycles. The molecule has 7 nitrogen and oxygen atoms in total. The lowest BCUT2D eigenvalue weighted by molar-refractivity contribution is -0.136. The Morgan fingerprint density at radius 2 is 1.72 bits per heavy atom. The molecule has 0 fully saturated rings. The van der Waals surface area contributed by atoms with Gasteiger partial charge in [0.15, 0.2) is 11.5 Å². The number of carboxylic acids is 1. The second-order valence-electron chi connectivity index (χ2n) is 7.13. The molecule has 2 rings (SSSR count). The summed E-state index contributed by atoms with van der Waals surface area (Å²) in [6.07, 6.45) is 4.06. The molecule has 0 unspecified atom stereocenters. The van der Waals surface area contributed by atoms with Crippen LogP contribution in [0.3, 0.4) is 0 Å². The van der Waals surface area contributed by atoms with Gasteiger partial charge in [-0.05, 0) is 54.8 Å². The summed E-state index contributed by atoms with van der Waals surface area (Å²) in [5.74, 6) is -0.184. The van der Waals surface area contributed by atoms with Crippen molar-refractivity contribution in [3.63, 3.8) is 0 Å². The van der Waals surface area contributed by atoms with E-state index in [9.17, 15) is 14.7 Å². The zero-order chi connectivity index (χ0) is 23.3. The van der Waals surface area contributed by atoms with E-state index in [0.29, 0.717) is 36.7 Å². The molecule has 0 saturated carbocycles. The fraction of sp³-hybridized carbons (Fsp3) is 0.360. The van der Waals surface area contributed by atoms with E-state index in [1.54, 1.807) is 25.1 Å². The Hall–Kier alpha value is -3.48. The Balaban J connectivity index is 2.09. The minimum Gasteiger partial charge on any atom is -0.490 e. The molecule has 0 atom stereocenters. The Morgan fingerprint density at radius 3 is 2.34 bits per heavy atom. The van der Waals surface area contributed by atoms with Gasteiger partial charge >= 0.3 is 5.97 Å². The van der Waals surface area contributed by atoms with Crippen molar-refractivity contribution < 1.29 is 28.9 Å². The van der Waals surface area contributed by atoms with Gasteiger partial charge in [-0.1, -0.05) is 31.5 Å². The molecular formula is C25H31NO6. The van der Waals surface area contributed by atoms with Crippen molar-refractivity contribution in [3.05, 3.63) is 59.4 Å². The predicted octanol–water partition coefficient (Wildman–Crippen LogP) is 4.91. The van der Waals surface area contributed by atoms with Gasteiger partial charge in [0.25, 0.3) is 0 Å². The van der Waals surface area contributed by atoms with Crippen LogP contribution in [0.2, 0.25) is 0 Å². The van der Waals surface area contributed by atoms with Crippen LogP contribution in [-0.2, 0) is 20.7 Å². The summed E-state index contributed by atoms with van der Waals surface area (Å²) >= 11 is 0. The molecule has 0 aliphatic rings. The quantitative estimate of drug-likeness (QED) is 0.261. The number of carboxylic acid groups (broad SMARTS) is 1. The maximum atomic E-state index is 11.3. The summed E-state index contributed by atoms with van der Waals surface area (Å²) in [5, 5.41) is 12.0.